The van der Waals surface area contributed by atoms with Crippen molar-refractivity contribution < 1.29 is 14.0 Å². The predicted octanol–water partition coefficient (Wildman–Crippen LogP) is 5.94. The Morgan fingerprint density at radius 1 is 0.895 bits per heavy atom. The fraction of sp³-hybridized carbons (Fsp3) is 0.375. The fourth-order valence-corrected chi connectivity index (χ4v) is 5.06. The molecule has 2 N–H and O–H groups in total. The zero-order valence-electron chi connectivity index (χ0n) is 22.3. The highest BCUT2D eigenvalue weighted by Crippen LogP contribution is 2.31. The molecule has 1 aliphatic rings. The zero-order chi connectivity index (χ0) is 26.9. The summed E-state index contributed by atoms with van der Waals surface area (Å²) in [6.07, 6.45) is 2.86. The van der Waals surface area contributed by atoms with E-state index < -0.39 is 5.82 Å². The number of carbonyl (C=O) groups excluding carboxylic acids is 2. The van der Waals surface area contributed by atoms with Crippen LogP contribution in [0.4, 0.5) is 10.1 Å². The molecule has 0 aliphatic carbocycles. The molecule has 3 aromatic carbocycles. The van der Waals surface area contributed by atoms with Crippen molar-refractivity contribution >= 4 is 17.5 Å². The number of hydrogen-bond acceptors (Lipinski definition) is 3. The van der Waals surface area contributed by atoms with E-state index in [9.17, 15) is 14.0 Å². The van der Waals surface area contributed by atoms with Crippen molar-refractivity contribution in [3.05, 3.63) is 101 Å². The van der Waals surface area contributed by atoms with E-state index in [1.807, 2.05) is 66.7 Å². The Bertz CT molecular complexity index is 1150. The van der Waals surface area contributed by atoms with Gasteiger partial charge < -0.3 is 15.5 Å². The summed E-state index contributed by atoms with van der Waals surface area (Å²) < 4.78 is 14.2. The fourth-order valence-electron chi connectivity index (χ4n) is 5.06. The minimum Gasteiger partial charge on any atom is -0.355 e. The molecule has 4 rings (SSSR count). The van der Waals surface area contributed by atoms with E-state index in [1.54, 1.807) is 19.9 Å². The van der Waals surface area contributed by atoms with Crippen LogP contribution in [0.5, 0.6) is 0 Å². The number of anilines is 1. The third kappa shape index (κ3) is 7.29. The predicted molar refractivity (Wildman–Crippen MR) is 151 cm³/mol. The zero-order valence-corrected chi connectivity index (χ0v) is 22.3. The van der Waals surface area contributed by atoms with Crippen molar-refractivity contribution in [2.24, 2.45) is 5.92 Å². The molecule has 0 radical (unpaired) electrons. The van der Waals surface area contributed by atoms with E-state index in [2.05, 4.69) is 15.5 Å². The monoisotopic (exact) mass is 515 g/mol. The van der Waals surface area contributed by atoms with Crippen molar-refractivity contribution in [2.45, 2.75) is 44.9 Å². The average Bonchev–Trinajstić information content (AvgIpc) is 2.94. The SMILES string of the molecule is CC(C)C(=O)Nc1cc(C2CCN(CCCNC(=O)C(c3ccccc3)c3ccccc3)CC2)ccc1F. The first-order valence-electron chi connectivity index (χ1n) is 13.6. The van der Waals surface area contributed by atoms with Crippen LogP contribution in [0.3, 0.4) is 0 Å². The van der Waals surface area contributed by atoms with Gasteiger partial charge in [-0.15, -0.1) is 0 Å². The number of rotatable bonds is 10. The summed E-state index contributed by atoms with van der Waals surface area (Å²) >= 11 is 0. The third-order valence-corrected chi connectivity index (χ3v) is 7.31. The largest absolute Gasteiger partial charge is 0.355 e. The molecule has 3 aromatic rings. The van der Waals surface area contributed by atoms with Gasteiger partial charge in [-0.05, 0) is 73.6 Å². The van der Waals surface area contributed by atoms with Crippen LogP contribution >= 0.6 is 0 Å². The summed E-state index contributed by atoms with van der Waals surface area (Å²) in [5.74, 6) is -0.727. The molecule has 6 heteroatoms. The summed E-state index contributed by atoms with van der Waals surface area (Å²) in [5, 5.41) is 5.86. The van der Waals surface area contributed by atoms with E-state index in [-0.39, 0.29) is 29.3 Å². The number of halogens is 1. The van der Waals surface area contributed by atoms with Crippen molar-refractivity contribution in [3.63, 3.8) is 0 Å². The minimum absolute atomic E-state index is 0.0257. The van der Waals surface area contributed by atoms with Gasteiger partial charge in [0.2, 0.25) is 11.8 Å². The third-order valence-electron chi connectivity index (χ3n) is 7.31. The van der Waals surface area contributed by atoms with Gasteiger partial charge in [0.05, 0.1) is 11.6 Å². The molecule has 0 saturated carbocycles. The van der Waals surface area contributed by atoms with Gasteiger partial charge in [0.1, 0.15) is 5.82 Å². The maximum atomic E-state index is 14.2. The summed E-state index contributed by atoms with van der Waals surface area (Å²) in [5.41, 5.74) is 3.32. The molecular weight excluding hydrogens is 477 g/mol. The van der Waals surface area contributed by atoms with Gasteiger partial charge in [0.25, 0.3) is 0 Å². The number of hydrogen-bond donors (Lipinski definition) is 2. The number of likely N-dealkylation sites (tertiary alicyclic amines) is 1. The Morgan fingerprint density at radius 3 is 2.08 bits per heavy atom. The standard InChI is InChI=1S/C32H38FN3O2/c1-23(2)31(37)35-29-22-27(14-15-28(29)33)24-16-20-36(21-17-24)19-9-18-34-32(38)30(25-10-5-3-6-11-25)26-12-7-4-8-13-26/h3-8,10-15,22-24,30H,9,16-21H2,1-2H3,(H,34,38)(H,35,37). The molecule has 0 spiro atoms. The first kappa shape index (κ1) is 27.5. The molecular formula is C32H38FN3O2. The lowest BCUT2D eigenvalue weighted by Crippen LogP contribution is -2.36. The molecule has 5 nitrogen and oxygen atoms in total. The van der Waals surface area contributed by atoms with E-state index in [0.29, 0.717) is 12.5 Å². The molecule has 2 amide bonds. The second-order valence-corrected chi connectivity index (χ2v) is 10.4. The number of nitrogens with one attached hydrogen (secondary N) is 2. The number of carbonyl (C=O) groups is 2. The lowest BCUT2D eigenvalue weighted by Gasteiger charge is -2.32. The Morgan fingerprint density at radius 2 is 1.50 bits per heavy atom. The highest BCUT2D eigenvalue weighted by Gasteiger charge is 2.24. The van der Waals surface area contributed by atoms with Gasteiger partial charge in [0, 0.05) is 12.5 Å². The van der Waals surface area contributed by atoms with Crippen LogP contribution in [0.1, 0.15) is 61.6 Å². The van der Waals surface area contributed by atoms with Crippen LogP contribution in [0.25, 0.3) is 0 Å². The molecule has 1 aliphatic heterocycles. The Labute approximate surface area is 225 Å². The first-order valence-corrected chi connectivity index (χ1v) is 13.6. The average molecular weight is 516 g/mol. The first-order chi connectivity index (χ1) is 18.4. The van der Waals surface area contributed by atoms with Crippen molar-refractivity contribution in [1.29, 1.82) is 0 Å². The van der Waals surface area contributed by atoms with Crippen LogP contribution in [0.15, 0.2) is 78.9 Å². The second-order valence-electron chi connectivity index (χ2n) is 10.4. The summed E-state index contributed by atoms with van der Waals surface area (Å²) in [4.78, 5) is 27.6. The highest BCUT2D eigenvalue weighted by molar-refractivity contribution is 5.92. The summed E-state index contributed by atoms with van der Waals surface area (Å²) in [6.45, 7) is 7.06. The quantitative estimate of drug-likeness (QED) is 0.329. The Hall–Kier alpha value is -3.51. The molecule has 0 bridgehead atoms. The van der Waals surface area contributed by atoms with Crippen LogP contribution in [-0.4, -0.2) is 42.9 Å². The Kier molecular flexibility index (Phi) is 9.66. The molecule has 0 unspecified atom stereocenters. The summed E-state index contributed by atoms with van der Waals surface area (Å²) in [7, 11) is 0. The van der Waals surface area contributed by atoms with Gasteiger partial charge in [-0.25, -0.2) is 4.39 Å². The van der Waals surface area contributed by atoms with Crippen molar-refractivity contribution in [3.8, 4) is 0 Å². The van der Waals surface area contributed by atoms with Crippen LogP contribution in [-0.2, 0) is 9.59 Å². The molecule has 0 atom stereocenters. The molecule has 1 fully saturated rings. The number of benzene rings is 3. The highest BCUT2D eigenvalue weighted by atomic mass is 19.1. The number of piperidine rings is 1. The second kappa shape index (κ2) is 13.3. The van der Waals surface area contributed by atoms with Gasteiger partial charge in [-0.2, -0.15) is 0 Å². The number of nitrogens with zero attached hydrogens (tertiary/aromatic N) is 1. The topological polar surface area (TPSA) is 61.4 Å². The molecule has 0 aromatic heterocycles. The lowest BCUT2D eigenvalue weighted by molar-refractivity contribution is -0.121. The normalized spacial score (nSPS) is 14.6. The van der Waals surface area contributed by atoms with Gasteiger partial charge in [-0.3, -0.25) is 9.59 Å². The van der Waals surface area contributed by atoms with E-state index in [4.69, 9.17) is 0 Å². The molecule has 1 saturated heterocycles. The van der Waals surface area contributed by atoms with Crippen LogP contribution < -0.4 is 10.6 Å². The van der Waals surface area contributed by atoms with E-state index >= 15 is 0 Å². The van der Waals surface area contributed by atoms with Crippen LogP contribution in [0.2, 0.25) is 0 Å². The molecule has 200 valence electrons. The summed E-state index contributed by atoms with van der Waals surface area (Å²) in [6, 6.07) is 24.9. The van der Waals surface area contributed by atoms with Crippen molar-refractivity contribution in [2.75, 3.05) is 31.5 Å². The van der Waals surface area contributed by atoms with Gasteiger partial charge >= 0.3 is 0 Å². The molecule has 1 heterocycles. The minimum atomic E-state index is -0.399. The van der Waals surface area contributed by atoms with Gasteiger partial charge in [-0.1, -0.05) is 80.6 Å². The maximum absolute atomic E-state index is 14.2. The van der Waals surface area contributed by atoms with Gasteiger partial charge in [0.15, 0.2) is 0 Å². The Balaban J connectivity index is 1.25. The molecule has 38 heavy (non-hydrogen) atoms. The number of amides is 2. The maximum Gasteiger partial charge on any atom is 0.232 e. The van der Waals surface area contributed by atoms with E-state index in [1.165, 1.54) is 6.07 Å². The van der Waals surface area contributed by atoms with Crippen molar-refractivity contribution in [1.82, 2.24) is 10.2 Å². The van der Waals surface area contributed by atoms with Crippen LogP contribution in [0, 0.1) is 11.7 Å². The van der Waals surface area contributed by atoms with E-state index in [0.717, 1.165) is 55.6 Å². The smallest absolute Gasteiger partial charge is 0.232 e. The lowest BCUT2D eigenvalue weighted by atomic mass is 9.89.